The SMILES string of the molecule is C\C=C1/C(=N\C(Cl)=C(/C)CC)N2CCN(C(=O)OC(C)(C)C)CC2(CC)C2NN=C(C)N12. The summed E-state index contributed by atoms with van der Waals surface area (Å²) in [5.74, 6) is 1.69. The molecular weight excluding hydrogens is 428 g/mol. The van der Waals surface area contributed by atoms with Crippen molar-refractivity contribution in [1.29, 1.82) is 0 Å². The molecule has 0 saturated carbocycles. The number of nitrogens with zero attached hydrogens (tertiary/aromatic N) is 5. The van der Waals surface area contributed by atoms with Gasteiger partial charge in [0, 0.05) is 13.1 Å². The van der Waals surface area contributed by atoms with E-state index in [1.807, 2.05) is 46.4 Å². The largest absolute Gasteiger partial charge is 0.444 e. The summed E-state index contributed by atoms with van der Waals surface area (Å²) in [4.78, 5) is 24.2. The molecule has 0 aromatic heterocycles. The zero-order chi connectivity index (χ0) is 23.8. The Hall–Kier alpha value is -2.22. The van der Waals surface area contributed by atoms with Gasteiger partial charge in [0.25, 0.3) is 0 Å². The quantitative estimate of drug-likeness (QED) is 0.624. The minimum Gasteiger partial charge on any atom is -0.444 e. The van der Waals surface area contributed by atoms with Crippen molar-refractivity contribution in [3.05, 3.63) is 22.5 Å². The van der Waals surface area contributed by atoms with Crippen molar-refractivity contribution in [2.45, 2.75) is 85.5 Å². The number of rotatable bonds is 3. The molecule has 2 fully saturated rings. The molecule has 9 heteroatoms. The average Bonchev–Trinajstić information content (AvgIpc) is 3.13. The standard InChI is InChI=1S/C23H37ClN6O2/c1-9-15(4)18(24)25-19-17(10-2)30-16(5)26-27-20(30)23(11-3)14-28(12-13-29(19)23)21(31)32-22(6,7)8/h10,20,27H,9,11-14H2,1-8H3/b17-10+,18-15+,25-19+. The number of fused-ring (bicyclic) bond motifs is 3. The number of ether oxygens (including phenoxy) is 1. The Morgan fingerprint density at radius 1 is 1.38 bits per heavy atom. The second kappa shape index (κ2) is 8.96. The summed E-state index contributed by atoms with van der Waals surface area (Å²) in [6.07, 6.45) is 3.26. The Bertz CT molecular complexity index is 887. The van der Waals surface area contributed by atoms with Gasteiger partial charge in [0.2, 0.25) is 0 Å². The van der Waals surface area contributed by atoms with Crippen LogP contribution in [0.15, 0.2) is 32.6 Å². The van der Waals surface area contributed by atoms with Gasteiger partial charge in [-0.25, -0.2) is 9.79 Å². The van der Waals surface area contributed by atoms with Crippen LogP contribution in [0.2, 0.25) is 0 Å². The van der Waals surface area contributed by atoms with E-state index in [1.54, 1.807) is 0 Å². The molecule has 2 saturated heterocycles. The molecule has 0 aliphatic carbocycles. The first-order valence-electron chi connectivity index (χ1n) is 11.4. The van der Waals surface area contributed by atoms with Crippen molar-refractivity contribution in [2.24, 2.45) is 10.1 Å². The lowest BCUT2D eigenvalue weighted by Gasteiger charge is -2.59. The van der Waals surface area contributed by atoms with Gasteiger partial charge in [0.1, 0.15) is 22.8 Å². The molecule has 3 heterocycles. The number of aliphatic imine (C=N–C) groups is 1. The third-order valence-corrected chi connectivity index (χ3v) is 6.84. The molecule has 8 nitrogen and oxygen atoms in total. The number of carbonyl (C=O) groups excluding carboxylic acids is 1. The minimum absolute atomic E-state index is 0.127. The molecule has 0 bridgehead atoms. The lowest BCUT2D eigenvalue weighted by molar-refractivity contribution is -0.0357. The molecule has 0 aromatic carbocycles. The fourth-order valence-corrected chi connectivity index (χ4v) is 4.77. The smallest absolute Gasteiger partial charge is 0.410 e. The maximum Gasteiger partial charge on any atom is 0.410 e. The Morgan fingerprint density at radius 3 is 2.62 bits per heavy atom. The van der Waals surface area contributed by atoms with Crippen molar-refractivity contribution < 1.29 is 9.53 Å². The predicted molar refractivity (Wildman–Crippen MR) is 129 cm³/mol. The second-order valence-electron chi connectivity index (χ2n) is 9.61. The zero-order valence-corrected chi connectivity index (χ0v) is 21.4. The maximum absolute atomic E-state index is 13.0. The van der Waals surface area contributed by atoms with Crippen molar-refractivity contribution in [2.75, 3.05) is 19.6 Å². The van der Waals surface area contributed by atoms with E-state index in [1.165, 1.54) is 0 Å². The fourth-order valence-electron chi connectivity index (χ4n) is 4.56. The van der Waals surface area contributed by atoms with Crippen LogP contribution >= 0.6 is 11.6 Å². The van der Waals surface area contributed by atoms with Crippen LogP contribution in [0.25, 0.3) is 0 Å². The van der Waals surface area contributed by atoms with Crippen molar-refractivity contribution in [3.63, 3.8) is 0 Å². The summed E-state index contributed by atoms with van der Waals surface area (Å²) in [6, 6.07) is 0. The lowest BCUT2D eigenvalue weighted by atomic mass is 9.83. The molecule has 2 unspecified atom stereocenters. The van der Waals surface area contributed by atoms with Gasteiger partial charge in [-0.3, -0.25) is 5.43 Å². The van der Waals surface area contributed by atoms with E-state index in [9.17, 15) is 4.79 Å². The Balaban J connectivity index is 2.09. The van der Waals surface area contributed by atoms with Crippen LogP contribution in [0.4, 0.5) is 4.79 Å². The molecule has 3 aliphatic heterocycles. The molecular formula is C23H37ClN6O2. The van der Waals surface area contributed by atoms with Gasteiger partial charge in [0.05, 0.1) is 17.8 Å². The molecule has 0 spiro atoms. The summed E-state index contributed by atoms with van der Waals surface area (Å²) < 4.78 is 5.69. The van der Waals surface area contributed by atoms with Gasteiger partial charge in [-0.1, -0.05) is 31.5 Å². The van der Waals surface area contributed by atoms with Gasteiger partial charge < -0.3 is 19.4 Å². The number of allylic oxidation sites excluding steroid dienone is 2. The molecule has 2 atom stereocenters. The first-order valence-corrected chi connectivity index (χ1v) is 11.8. The molecule has 32 heavy (non-hydrogen) atoms. The lowest BCUT2D eigenvalue weighted by Crippen LogP contribution is -2.77. The van der Waals surface area contributed by atoms with E-state index in [-0.39, 0.29) is 12.3 Å². The first kappa shape index (κ1) is 24.4. The summed E-state index contributed by atoms with van der Waals surface area (Å²) in [5, 5.41) is 5.06. The highest BCUT2D eigenvalue weighted by atomic mass is 35.5. The van der Waals surface area contributed by atoms with Crippen LogP contribution in [0.5, 0.6) is 0 Å². The summed E-state index contributed by atoms with van der Waals surface area (Å²) >= 11 is 6.63. The molecule has 1 amide bonds. The van der Waals surface area contributed by atoms with Crippen LogP contribution < -0.4 is 5.43 Å². The van der Waals surface area contributed by atoms with Crippen LogP contribution in [0.1, 0.15) is 68.2 Å². The number of amides is 1. The van der Waals surface area contributed by atoms with E-state index < -0.39 is 11.1 Å². The molecule has 3 rings (SSSR count). The minimum atomic E-state index is -0.543. The number of carbonyl (C=O) groups is 1. The highest BCUT2D eigenvalue weighted by molar-refractivity contribution is 6.30. The highest BCUT2D eigenvalue weighted by Crippen LogP contribution is 2.41. The molecule has 0 radical (unpaired) electrons. The van der Waals surface area contributed by atoms with Gasteiger partial charge >= 0.3 is 6.09 Å². The Kier molecular flexibility index (Phi) is 6.84. The molecule has 178 valence electrons. The van der Waals surface area contributed by atoms with E-state index in [4.69, 9.17) is 21.3 Å². The van der Waals surface area contributed by atoms with Gasteiger partial charge in [0.15, 0.2) is 5.84 Å². The van der Waals surface area contributed by atoms with Gasteiger partial charge in [-0.05, 0) is 60.0 Å². The van der Waals surface area contributed by atoms with Gasteiger partial charge in [-0.2, -0.15) is 5.10 Å². The summed E-state index contributed by atoms with van der Waals surface area (Å²) in [5.41, 5.74) is 4.35. The summed E-state index contributed by atoms with van der Waals surface area (Å²) in [6.45, 7) is 17.6. The fraction of sp³-hybridized carbons (Fsp3) is 0.696. The van der Waals surface area contributed by atoms with Crippen molar-refractivity contribution >= 4 is 29.4 Å². The monoisotopic (exact) mass is 464 g/mol. The van der Waals surface area contributed by atoms with E-state index >= 15 is 0 Å². The Labute approximate surface area is 197 Å². The van der Waals surface area contributed by atoms with Crippen LogP contribution in [-0.4, -0.2) is 69.4 Å². The second-order valence-corrected chi connectivity index (χ2v) is 9.96. The molecule has 1 N–H and O–H groups in total. The van der Waals surface area contributed by atoms with Crippen molar-refractivity contribution in [1.82, 2.24) is 20.1 Å². The normalized spacial score (nSPS) is 28.8. The van der Waals surface area contributed by atoms with E-state index in [0.29, 0.717) is 24.8 Å². The highest BCUT2D eigenvalue weighted by Gasteiger charge is 2.58. The maximum atomic E-state index is 13.0. The average molecular weight is 465 g/mol. The predicted octanol–water partition coefficient (Wildman–Crippen LogP) is 4.45. The number of nitrogens with one attached hydrogen (secondary N) is 1. The number of hydrogen-bond donors (Lipinski definition) is 1. The van der Waals surface area contributed by atoms with E-state index in [2.05, 4.69) is 40.3 Å². The zero-order valence-electron chi connectivity index (χ0n) is 20.6. The number of piperazine rings is 2. The summed E-state index contributed by atoms with van der Waals surface area (Å²) in [7, 11) is 0. The number of hydrazone groups is 1. The van der Waals surface area contributed by atoms with Crippen molar-refractivity contribution in [3.8, 4) is 0 Å². The Morgan fingerprint density at radius 2 is 2.06 bits per heavy atom. The molecule has 3 aliphatic rings. The number of amidine groups is 2. The first-order chi connectivity index (χ1) is 15.0. The number of hydrogen-bond acceptors (Lipinski definition) is 6. The third kappa shape index (κ3) is 4.21. The van der Waals surface area contributed by atoms with Gasteiger partial charge in [-0.15, -0.1) is 0 Å². The number of halogens is 1. The molecule has 0 aromatic rings. The topological polar surface area (TPSA) is 72.8 Å². The van der Waals surface area contributed by atoms with Crippen LogP contribution in [-0.2, 0) is 4.74 Å². The van der Waals surface area contributed by atoms with Crippen LogP contribution in [0.3, 0.4) is 0 Å². The third-order valence-electron chi connectivity index (χ3n) is 6.43. The van der Waals surface area contributed by atoms with E-state index in [0.717, 1.165) is 35.8 Å². The van der Waals surface area contributed by atoms with Crippen LogP contribution in [0, 0.1) is 0 Å².